The zero-order chi connectivity index (χ0) is 22.0. The molecule has 0 fully saturated rings. The molecule has 1 aliphatic rings. The second kappa shape index (κ2) is 8.52. The van der Waals surface area contributed by atoms with Crippen LogP contribution in [0.25, 0.3) is 0 Å². The van der Waals surface area contributed by atoms with E-state index in [1.807, 2.05) is 13.8 Å². The van der Waals surface area contributed by atoms with Crippen LogP contribution >= 0.6 is 0 Å². The number of hydrogen-bond donors (Lipinski definition) is 1. The number of aliphatic hydroxyl groups excluding tert-OH is 1. The molecule has 2 amide bonds. The number of halogens is 1. The predicted octanol–water partition coefficient (Wildman–Crippen LogP) is 2.96. The monoisotopic (exact) mass is 414 g/mol. The Morgan fingerprint density at radius 3 is 2.37 bits per heavy atom. The highest BCUT2D eigenvalue weighted by atomic mass is 19.1. The van der Waals surface area contributed by atoms with E-state index < -0.39 is 17.4 Å². The fourth-order valence-electron chi connectivity index (χ4n) is 3.36. The number of likely N-dealkylation sites (N-methyl/N-ethyl adjacent to an activating group) is 1. The summed E-state index contributed by atoms with van der Waals surface area (Å²) in [5.41, 5.74) is 1.05. The molecule has 2 heterocycles. The van der Waals surface area contributed by atoms with Crippen molar-refractivity contribution in [3.63, 3.8) is 0 Å². The maximum Gasteiger partial charge on any atom is 0.289 e. The van der Waals surface area contributed by atoms with Crippen LogP contribution < -0.4 is 0 Å². The van der Waals surface area contributed by atoms with Crippen molar-refractivity contribution in [2.75, 3.05) is 26.7 Å². The number of amides is 2. The lowest BCUT2D eigenvalue weighted by molar-refractivity contribution is -0.126. The Balaban J connectivity index is 2.03. The van der Waals surface area contributed by atoms with Crippen molar-refractivity contribution in [1.82, 2.24) is 9.80 Å². The molecule has 30 heavy (non-hydrogen) atoms. The van der Waals surface area contributed by atoms with Gasteiger partial charge < -0.3 is 19.3 Å². The summed E-state index contributed by atoms with van der Waals surface area (Å²) in [6.45, 7) is 4.55. The van der Waals surface area contributed by atoms with Gasteiger partial charge in [-0.05, 0) is 37.6 Å². The molecule has 0 atom stereocenters. The third-order valence-corrected chi connectivity index (χ3v) is 5.09. The number of carbonyl (C=O) groups is 3. The smallest absolute Gasteiger partial charge is 0.289 e. The zero-order valence-electron chi connectivity index (χ0n) is 17.1. The van der Waals surface area contributed by atoms with E-state index in [1.54, 1.807) is 17.0 Å². The van der Waals surface area contributed by atoms with E-state index in [0.717, 1.165) is 0 Å². The van der Waals surface area contributed by atoms with Crippen LogP contribution in [0.4, 0.5) is 4.39 Å². The summed E-state index contributed by atoms with van der Waals surface area (Å²) >= 11 is 0. The third-order valence-electron chi connectivity index (χ3n) is 5.09. The second-order valence-electron chi connectivity index (χ2n) is 7.06. The van der Waals surface area contributed by atoms with Gasteiger partial charge in [-0.25, -0.2) is 4.39 Å². The van der Waals surface area contributed by atoms with Crippen molar-refractivity contribution in [2.24, 2.45) is 0 Å². The molecule has 0 radical (unpaired) electrons. The number of Topliss-reactive ketones (excluding diaryl/α,β-unsaturated/α-hetero) is 1. The van der Waals surface area contributed by atoms with Gasteiger partial charge >= 0.3 is 0 Å². The van der Waals surface area contributed by atoms with Gasteiger partial charge in [0, 0.05) is 32.1 Å². The standard InChI is InChI=1S/C22H23FN2O5/c1-4-25(5-2)21(28)17-11-14(10-13-6-8-15(23)9-7-13)20(30-17)18(26)16-12-24(3)22(29)19(16)27/h6-9,11,27H,4-5,10,12H2,1-3H3. The molecule has 0 unspecified atom stereocenters. The van der Waals surface area contributed by atoms with Crippen LogP contribution in [0.1, 0.15) is 46.1 Å². The maximum atomic E-state index is 13.2. The number of rotatable bonds is 7. The van der Waals surface area contributed by atoms with E-state index in [-0.39, 0.29) is 41.8 Å². The summed E-state index contributed by atoms with van der Waals surface area (Å²) in [5, 5.41) is 10.1. The fraction of sp³-hybridized carbons (Fsp3) is 0.318. The highest BCUT2D eigenvalue weighted by Gasteiger charge is 2.35. The molecule has 7 nitrogen and oxygen atoms in total. The SMILES string of the molecule is CCN(CC)C(=O)c1cc(Cc2ccc(F)cc2)c(C(=O)C2=C(O)C(=O)N(C)C2)o1. The van der Waals surface area contributed by atoms with Gasteiger partial charge in [-0.3, -0.25) is 14.4 Å². The molecule has 3 rings (SSSR count). The number of ketones is 1. The molecule has 0 saturated carbocycles. The summed E-state index contributed by atoms with van der Waals surface area (Å²) in [7, 11) is 1.47. The van der Waals surface area contributed by atoms with Gasteiger partial charge in [0.05, 0.1) is 12.1 Å². The number of furan rings is 1. The molecule has 1 aliphatic heterocycles. The average Bonchev–Trinajstić information content (AvgIpc) is 3.26. The van der Waals surface area contributed by atoms with E-state index in [1.165, 1.54) is 30.1 Å². The van der Waals surface area contributed by atoms with Crippen LogP contribution in [-0.4, -0.2) is 59.2 Å². The minimum absolute atomic E-state index is 0.00284. The quantitative estimate of drug-likeness (QED) is 0.704. The molecule has 158 valence electrons. The first-order chi connectivity index (χ1) is 14.3. The molecule has 1 aromatic carbocycles. The topological polar surface area (TPSA) is 91.1 Å². The molecule has 8 heteroatoms. The Bertz CT molecular complexity index is 1020. The minimum atomic E-state index is -0.652. The molecule has 2 aromatic rings. The maximum absolute atomic E-state index is 13.2. The van der Waals surface area contributed by atoms with Crippen molar-refractivity contribution in [3.05, 3.63) is 70.1 Å². The van der Waals surface area contributed by atoms with Gasteiger partial charge in [-0.1, -0.05) is 12.1 Å². The van der Waals surface area contributed by atoms with Crippen molar-refractivity contribution >= 4 is 17.6 Å². The fourth-order valence-corrected chi connectivity index (χ4v) is 3.36. The number of nitrogens with zero attached hydrogens (tertiary/aromatic N) is 2. The molecular weight excluding hydrogens is 391 g/mol. The first-order valence-electron chi connectivity index (χ1n) is 9.65. The van der Waals surface area contributed by atoms with E-state index >= 15 is 0 Å². The molecular formula is C22H23FN2O5. The zero-order valence-corrected chi connectivity index (χ0v) is 17.1. The lowest BCUT2D eigenvalue weighted by Crippen LogP contribution is -2.30. The molecule has 0 spiro atoms. The van der Waals surface area contributed by atoms with Crippen LogP contribution in [-0.2, 0) is 11.2 Å². The minimum Gasteiger partial charge on any atom is -0.503 e. The average molecular weight is 414 g/mol. The summed E-state index contributed by atoms with van der Waals surface area (Å²) < 4.78 is 18.9. The van der Waals surface area contributed by atoms with Gasteiger partial charge in [-0.2, -0.15) is 0 Å². The largest absolute Gasteiger partial charge is 0.503 e. The van der Waals surface area contributed by atoms with Gasteiger partial charge in [0.2, 0.25) is 5.78 Å². The van der Waals surface area contributed by atoms with E-state index in [9.17, 15) is 23.9 Å². The molecule has 0 aliphatic carbocycles. The first-order valence-corrected chi connectivity index (χ1v) is 9.65. The molecule has 1 N–H and O–H groups in total. The predicted molar refractivity (Wildman–Crippen MR) is 107 cm³/mol. The van der Waals surface area contributed by atoms with Crippen LogP contribution in [0.3, 0.4) is 0 Å². The van der Waals surface area contributed by atoms with Crippen LogP contribution in [0.5, 0.6) is 0 Å². The van der Waals surface area contributed by atoms with E-state index in [4.69, 9.17) is 4.42 Å². The number of aliphatic hydroxyl groups is 1. The van der Waals surface area contributed by atoms with Gasteiger partial charge in [-0.15, -0.1) is 0 Å². The summed E-state index contributed by atoms with van der Waals surface area (Å²) in [4.78, 5) is 40.5. The van der Waals surface area contributed by atoms with E-state index in [2.05, 4.69) is 0 Å². The second-order valence-corrected chi connectivity index (χ2v) is 7.06. The highest BCUT2D eigenvalue weighted by molar-refractivity contribution is 6.15. The number of benzene rings is 1. The normalized spacial score (nSPS) is 13.9. The van der Waals surface area contributed by atoms with Crippen LogP contribution in [0, 0.1) is 5.82 Å². The first kappa shape index (κ1) is 21.3. The van der Waals surface area contributed by atoms with Crippen molar-refractivity contribution in [1.29, 1.82) is 0 Å². The molecule has 1 aromatic heterocycles. The Hall–Kier alpha value is -3.42. The Morgan fingerprint density at radius 2 is 1.83 bits per heavy atom. The van der Waals surface area contributed by atoms with Gasteiger partial charge in [0.25, 0.3) is 11.8 Å². The molecule has 0 bridgehead atoms. The summed E-state index contributed by atoms with van der Waals surface area (Å²) in [5.74, 6) is -2.79. The van der Waals surface area contributed by atoms with Gasteiger partial charge in [0.1, 0.15) is 5.82 Å². The number of carbonyl (C=O) groups excluding carboxylic acids is 3. The third kappa shape index (κ3) is 3.98. The van der Waals surface area contributed by atoms with Crippen molar-refractivity contribution < 1.29 is 28.3 Å². The van der Waals surface area contributed by atoms with Crippen LogP contribution in [0.15, 0.2) is 46.1 Å². The lowest BCUT2D eigenvalue weighted by Gasteiger charge is -2.16. The number of hydrogen-bond acceptors (Lipinski definition) is 5. The Kier molecular flexibility index (Phi) is 6.05. The summed E-state index contributed by atoms with van der Waals surface area (Å²) in [6.07, 6.45) is 0.216. The molecule has 0 saturated heterocycles. The van der Waals surface area contributed by atoms with Crippen molar-refractivity contribution in [3.8, 4) is 0 Å². The Labute approximate surface area is 173 Å². The van der Waals surface area contributed by atoms with Gasteiger partial charge in [0.15, 0.2) is 17.3 Å². The Morgan fingerprint density at radius 1 is 1.20 bits per heavy atom. The summed E-state index contributed by atoms with van der Waals surface area (Å²) in [6, 6.07) is 7.25. The lowest BCUT2D eigenvalue weighted by atomic mass is 10.0. The van der Waals surface area contributed by atoms with Crippen molar-refractivity contribution in [2.45, 2.75) is 20.3 Å². The highest BCUT2D eigenvalue weighted by Crippen LogP contribution is 2.27. The van der Waals surface area contributed by atoms with Crippen LogP contribution in [0.2, 0.25) is 0 Å². The van der Waals surface area contributed by atoms with E-state index in [0.29, 0.717) is 24.2 Å².